The number of pyridine rings is 1. The van der Waals surface area contributed by atoms with Crippen LogP contribution in [-0.2, 0) is 6.18 Å². The van der Waals surface area contributed by atoms with E-state index in [4.69, 9.17) is 0 Å². The second kappa shape index (κ2) is 7.27. The molecule has 2 aromatic heterocycles. The van der Waals surface area contributed by atoms with E-state index in [0.717, 1.165) is 12.1 Å². The van der Waals surface area contributed by atoms with Crippen LogP contribution in [-0.4, -0.2) is 14.8 Å². The molecule has 0 aliphatic rings. The highest BCUT2D eigenvalue weighted by molar-refractivity contribution is 5.89. The Morgan fingerprint density at radius 2 is 1.79 bits per heavy atom. The number of halogens is 4. The molecule has 0 bridgehead atoms. The zero-order valence-corrected chi connectivity index (χ0v) is 14.9. The fourth-order valence-corrected chi connectivity index (χ4v) is 2.73. The maximum absolute atomic E-state index is 13.1. The minimum absolute atomic E-state index is 0.110. The van der Waals surface area contributed by atoms with Gasteiger partial charge in [0.1, 0.15) is 11.9 Å². The van der Waals surface area contributed by atoms with Crippen molar-refractivity contribution < 1.29 is 17.6 Å². The summed E-state index contributed by atoms with van der Waals surface area (Å²) in [7, 11) is 0. The second-order valence-corrected chi connectivity index (χ2v) is 6.07. The Kier molecular flexibility index (Phi) is 5.01. The average Bonchev–Trinajstić information content (AvgIpc) is 2.94. The van der Waals surface area contributed by atoms with Gasteiger partial charge in [-0.15, -0.1) is 0 Å². The quantitative estimate of drug-likeness (QED) is 0.465. The molecule has 0 fully saturated rings. The third kappa shape index (κ3) is 3.78. The molecule has 0 aliphatic heterocycles. The van der Waals surface area contributed by atoms with Crippen molar-refractivity contribution in [1.82, 2.24) is 14.8 Å². The number of nitriles is 1. The van der Waals surface area contributed by atoms with Crippen molar-refractivity contribution in [1.29, 1.82) is 5.26 Å². The molecule has 8 heteroatoms. The van der Waals surface area contributed by atoms with E-state index in [9.17, 15) is 22.8 Å². The van der Waals surface area contributed by atoms with E-state index in [-0.39, 0.29) is 17.1 Å². The van der Waals surface area contributed by atoms with Gasteiger partial charge in [0.25, 0.3) is 0 Å². The fourth-order valence-electron chi connectivity index (χ4n) is 2.73. The molecular formula is C20H14F4N4. The number of nitrogens with zero attached hydrogens (tertiary/aromatic N) is 4. The summed E-state index contributed by atoms with van der Waals surface area (Å²) >= 11 is 0. The third-order valence-electron chi connectivity index (χ3n) is 4.19. The lowest BCUT2D eigenvalue weighted by molar-refractivity contribution is -0.137. The van der Waals surface area contributed by atoms with Gasteiger partial charge in [-0.25, -0.2) is 9.07 Å². The molecule has 0 radical (unpaired) electrons. The molecular weight excluding hydrogens is 372 g/mol. The minimum atomic E-state index is -4.49. The zero-order valence-electron chi connectivity index (χ0n) is 14.9. The fraction of sp³-hybridized carbons (Fsp3) is 0.150. The van der Waals surface area contributed by atoms with Gasteiger partial charge in [-0.2, -0.15) is 23.5 Å². The predicted molar refractivity (Wildman–Crippen MR) is 95.7 cm³/mol. The Labute approximate surface area is 158 Å². The van der Waals surface area contributed by atoms with Gasteiger partial charge in [-0.3, -0.25) is 4.98 Å². The van der Waals surface area contributed by atoms with Crippen LogP contribution in [0.5, 0.6) is 0 Å². The summed E-state index contributed by atoms with van der Waals surface area (Å²) in [5.74, 6) is -0.370. The molecule has 0 amide bonds. The summed E-state index contributed by atoms with van der Waals surface area (Å²) in [5, 5.41) is 13.9. The topological polar surface area (TPSA) is 54.5 Å². The van der Waals surface area contributed by atoms with Gasteiger partial charge in [0, 0.05) is 17.5 Å². The van der Waals surface area contributed by atoms with E-state index in [1.165, 1.54) is 18.2 Å². The van der Waals surface area contributed by atoms with Gasteiger partial charge in [-0.1, -0.05) is 0 Å². The standard InChI is InChI=1S/C20H14F4N4/c1-12-18(13(2)28(27-12)17-6-4-16(21)5-7-17)9-14(10-25)19-8-3-15(11-26-19)20(22,23)24/h3-9,11H,1-2H3/b14-9+. The van der Waals surface area contributed by atoms with Crippen molar-refractivity contribution in [2.75, 3.05) is 0 Å². The monoisotopic (exact) mass is 386 g/mol. The Hall–Kier alpha value is -3.47. The van der Waals surface area contributed by atoms with Crippen LogP contribution in [0.15, 0.2) is 42.6 Å². The Morgan fingerprint density at radius 3 is 2.32 bits per heavy atom. The second-order valence-electron chi connectivity index (χ2n) is 6.07. The number of benzene rings is 1. The maximum atomic E-state index is 13.1. The average molecular weight is 386 g/mol. The van der Waals surface area contributed by atoms with Gasteiger partial charge < -0.3 is 0 Å². The lowest BCUT2D eigenvalue weighted by Crippen LogP contribution is -2.05. The molecule has 0 aliphatic carbocycles. The van der Waals surface area contributed by atoms with Crippen molar-refractivity contribution in [3.63, 3.8) is 0 Å². The summed E-state index contributed by atoms with van der Waals surface area (Å²) in [6.45, 7) is 3.53. The van der Waals surface area contributed by atoms with Crippen molar-refractivity contribution in [3.05, 3.63) is 76.6 Å². The highest BCUT2D eigenvalue weighted by Crippen LogP contribution is 2.29. The molecule has 0 spiro atoms. The van der Waals surface area contributed by atoms with Crippen LogP contribution in [0.4, 0.5) is 17.6 Å². The molecule has 0 atom stereocenters. The Morgan fingerprint density at radius 1 is 1.11 bits per heavy atom. The number of rotatable bonds is 3. The first kappa shape index (κ1) is 19.3. The Balaban J connectivity index is 2.02. The van der Waals surface area contributed by atoms with Crippen LogP contribution >= 0.6 is 0 Å². The first-order chi connectivity index (χ1) is 13.2. The molecule has 1 aromatic carbocycles. The molecule has 142 valence electrons. The molecule has 0 saturated carbocycles. The Bertz CT molecular complexity index is 1070. The summed E-state index contributed by atoms with van der Waals surface area (Å²) in [4.78, 5) is 3.77. The molecule has 2 heterocycles. The summed E-state index contributed by atoms with van der Waals surface area (Å²) in [6, 6.07) is 9.79. The smallest absolute Gasteiger partial charge is 0.255 e. The van der Waals surface area contributed by atoms with Crippen LogP contribution in [0, 0.1) is 31.0 Å². The van der Waals surface area contributed by atoms with E-state index in [0.29, 0.717) is 28.8 Å². The largest absolute Gasteiger partial charge is 0.417 e. The number of allylic oxidation sites excluding steroid dienone is 1. The first-order valence-corrected chi connectivity index (χ1v) is 8.18. The van der Waals surface area contributed by atoms with Gasteiger partial charge in [0.05, 0.1) is 28.2 Å². The van der Waals surface area contributed by atoms with E-state index in [1.807, 2.05) is 6.07 Å². The molecule has 0 N–H and O–H groups in total. The van der Waals surface area contributed by atoms with E-state index < -0.39 is 11.7 Å². The number of aromatic nitrogens is 3. The number of hydrogen-bond donors (Lipinski definition) is 0. The molecule has 0 unspecified atom stereocenters. The SMILES string of the molecule is Cc1nn(-c2ccc(F)cc2)c(C)c1/C=C(\C#N)c1ccc(C(F)(F)F)cn1. The van der Waals surface area contributed by atoms with E-state index in [2.05, 4.69) is 10.1 Å². The van der Waals surface area contributed by atoms with Crippen LogP contribution in [0.25, 0.3) is 17.3 Å². The van der Waals surface area contributed by atoms with E-state index in [1.54, 1.807) is 30.7 Å². The summed E-state index contributed by atoms with van der Waals surface area (Å²) in [6.07, 6.45) is -2.26. The van der Waals surface area contributed by atoms with Crippen molar-refractivity contribution in [3.8, 4) is 11.8 Å². The van der Waals surface area contributed by atoms with Crippen LogP contribution in [0.2, 0.25) is 0 Å². The van der Waals surface area contributed by atoms with Crippen molar-refractivity contribution in [2.45, 2.75) is 20.0 Å². The molecule has 3 rings (SSSR count). The van der Waals surface area contributed by atoms with Crippen LogP contribution in [0.1, 0.15) is 28.2 Å². The third-order valence-corrected chi connectivity index (χ3v) is 4.19. The maximum Gasteiger partial charge on any atom is 0.417 e. The highest BCUT2D eigenvalue weighted by Gasteiger charge is 2.30. The van der Waals surface area contributed by atoms with Crippen molar-refractivity contribution in [2.24, 2.45) is 0 Å². The lowest BCUT2D eigenvalue weighted by atomic mass is 10.1. The van der Waals surface area contributed by atoms with Gasteiger partial charge >= 0.3 is 6.18 Å². The first-order valence-electron chi connectivity index (χ1n) is 8.18. The minimum Gasteiger partial charge on any atom is -0.255 e. The normalized spacial score (nSPS) is 12.1. The van der Waals surface area contributed by atoms with E-state index >= 15 is 0 Å². The summed E-state index contributed by atoms with van der Waals surface area (Å²) in [5.41, 5.74) is 1.95. The van der Waals surface area contributed by atoms with Crippen LogP contribution in [0.3, 0.4) is 0 Å². The highest BCUT2D eigenvalue weighted by atomic mass is 19.4. The van der Waals surface area contributed by atoms with Crippen LogP contribution < -0.4 is 0 Å². The number of alkyl halides is 3. The molecule has 28 heavy (non-hydrogen) atoms. The molecule has 0 saturated heterocycles. The van der Waals surface area contributed by atoms with Gasteiger partial charge in [-0.05, 0) is 56.3 Å². The lowest BCUT2D eigenvalue weighted by Gasteiger charge is -2.06. The van der Waals surface area contributed by atoms with Gasteiger partial charge in [0.15, 0.2) is 0 Å². The molecule has 4 nitrogen and oxygen atoms in total. The molecule has 3 aromatic rings. The van der Waals surface area contributed by atoms with Gasteiger partial charge in [0.2, 0.25) is 0 Å². The van der Waals surface area contributed by atoms with Crippen molar-refractivity contribution >= 4 is 11.6 Å². The number of hydrogen-bond acceptors (Lipinski definition) is 3. The number of aryl methyl sites for hydroxylation is 1. The zero-order chi connectivity index (χ0) is 20.5. The summed E-state index contributed by atoms with van der Waals surface area (Å²) < 4.78 is 52.8. The predicted octanol–water partition coefficient (Wildman–Crippen LogP) is 5.11.